The Morgan fingerprint density at radius 2 is 2.43 bits per heavy atom. The third kappa shape index (κ3) is 3.12. The van der Waals surface area contributed by atoms with Crippen LogP contribution in [0.1, 0.15) is 12.8 Å². The summed E-state index contributed by atoms with van der Waals surface area (Å²) >= 11 is 0. The number of nitrogens with zero attached hydrogens (tertiary/aromatic N) is 1. The Bertz CT molecular complexity index is 215. The Hall–Kier alpha value is -0.870. The van der Waals surface area contributed by atoms with E-state index in [2.05, 4.69) is 6.08 Å². The number of carbonyl (C=O) groups is 1. The fraction of sp³-hybridized carbons (Fsp3) is 0.700. The normalized spacial score (nSPS) is 19.5. The summed E-state index contributed by atoms with van der Waals surface area (Å²) in [5.41, 5.74) is 0. The molecule has 0 saturated carbocycles. The molecule has 0 bridgehead atoms. The average molecular weight is 199 g/mol. The van der Waals surface area contributed by atoms with E-state index >= 15 is 0 Å². The highest BCUT2D eigenvalue weighted by molar-refractivity contribution is 5.73. The number of hydrogen-bond donors (Lipinski definition) is 1. The van der Waals surface area contributed by atoms with Crippen molar-refractivity contribution in [3.05, 3.63) is 12.2 Å². The van der Waals surface area contributed by atoms with Gasteiger partial charge in [-0.2, -0.15) is 0 Å². The number of methoxy groups -OCH3 is 1. The molecule has 0 spiro atoms. The lowest BCUT2D eigenvalue weighted by Crippen LogP contribution is -2.43. The van der Waals surface area contributed by atoms with E-state index in [1.165, 1.54) is 0 Å². The van der Waals surface area contributed by atoms with E-state index in [0.29, 0.717) is 13.0 Å². The first-order chi connectivity index (χ1) is 6.75. The summed E-state index contributed by atoms with van der Waals surface area (Å²) in [6.07, 6.45) is 5.61. The molecule has 0 amide bonds. The van der Waals surface area contributed by atoms with Crippen LogP contribution in [0.5, 0.6) is 0 Å². The molecule has 1 N–H and O–H groups in total. The fourth-order valence-electron chi connectivity index (χ4n) is 1.63. The zero-order valence-corrected chi connectivity index (χ0v) is 8.48. The number of rotatable bonds is 5. The van der Waals surface area contributed by atoms with Gasteiger partial charge in [0.1, 0.15) is 6.04 Å². The van der Waals surface area contributed by atoms with Crippen molar-refractivity contribution in [2.45, 2.75) is 18.9 Å². The molecule has 4 heteroatoms. The summed E-state index contributed by atoms with van der Waals surface area (Å²) in [4.78, 5) is 13.0. The smallest absolute Gasteiger partial charge is 0.321 e. The van der Waals surface area contributed by atoms with Gasteiger partial charge in [-0.15, -0.1) is 0 Å². The number of carboxylic acids is 1. The third-order valence-electron chi connectivity index (χ3n) is 2.41. The predicted octanol–water partition coefficient (Wildman–Crippen LogP) is 0.738. The highest BCUT2D eigenvalue weighted by Crippen LogP contribution is 2.10. The molecular formula is C10H17NO3. The van der Waals surface area contributed by atoms with E-state index in [9.17, 15) is 4.79 Å². The number of aliphatic carboxylic acids is 1. The molecule has 0 radical (unpaired) electrons. The molecule has 0 aromatic carbocycles. The zero-order valence-electron chi connectivity index (χ0n) is 8.48. The lowest BCUT2D eigenvalue weighted by Gasteiger charge is -2.29. The number of hydrogen-bond acceptors (Lipinski definition) is 3. The van der Waals surface area contributed by atoms with Crippen LogP contribution >= 0.6 is 0 Å². The van der Waals surface area contributed by atoms with Gasteiger partial charge in [0, 0.05) is 26.8 Å². The minimum Gasteiger partial charge on any atom is -0.480 e. The number of ether oxygens (including phenoxy) is 1. The van der Waals surface area contributed by atoms with Gasteiger partial charge in [0.25, 0.3) is 0 Å². The van der Waals surface area contributed by atoms with Crippen molar-refractivity contribution in [2.24, 2.45) is 0 Å². The first-order valence-corrected chi connectivity index (χ1v) is 4.86. The standard InChI is InChI=1S/C10H17NO3/c1-14-8-5-9(10(12)13)11-6-3-2-4-7-11/h2-3,9H,4-8H2,1H3,(H,12,13). The maximum absolute atomic E-state index is 11.0. The van der Waals surface area contributed by atoms with Crippen molar-refractivity contribution in [3.63, 3.8) is 0 Å². The van der Waals surface area contributed by atoms with Gasteiger partial charge in [-0.25, -0.2) is 0 Å². The summed E-state index contributed by atoms with van der Waals surface area (Å²) < 4.78 is 4.91. The molecule has 0 aliphatic carbocycles. The Balaban J connectivity index is 2.48. The highest BCUT2D eigenvalue weighted by atomic mass is 16.5. The van der Waals surface area contributed by atoms with E-state index in [4.69, 9.17) is 9.84 Å². The summed E-state index contributed by atoms with van der Waals surface area (Å²) in [5.74, 6) is -0.752. The maximum atomic E-state index is 11.0. The SMILES string of the molecule is COCCC(C(=O)O)N1CC=CCC1. The Labute approximate surface area is 84.2 Å². The van der Waals surface area contributed by atoms with Crippen LogP contribution in [-0.2, 0) is 9.53 Å². The molecule has 0 aromatic heterocycles. The molecule has 1 unspecified atom stereocenters. The maximum Gasteiger partial charge on any atom is 0.321 e. The quantitative estimate of drug-likeness (QED) is 0.663. The molecule has 80 valence electrons. The largest absolute Gasteiger partial charge is 0.480 e. The lowest BCUT2D eigenvalue weighted by molar-refractivity contribution is -0.143. The van der Waals surface area contributed by atoms with Gasteiger partial charge in [-0.05, 0) is 12.8 Å². The van der Waals surface area contributed by atoms with Gasteiger partial charge in [0.05, 0.1) is 0 Å². The van der Waals surface area contributed by atoms with Crippen molar-refractivity contribution < 1.29 is 14.6 Å². The minimum absolute atomic E-state index is 0.403. The molecule has 1 heterocycles. The molecular weight excluding hydrogens is 182 g/mol. The van der Waals surface area contributed by atoms with Crippen LogP contribution in [0.2, 0.25) is 0 Å². The second kappa shape index (κ2) is 5.78. The topological polar surface area (TPSA) is 49.8 Å². The first kappa shape index (κ1) is 11.2. The Morgan fingerprint density at radius 1 is 1.64 bits per heavy atom. The third-order valence-corrected chi connectivity index (χ3v) is 2.41. The van der Waals surface area contributed by atoms with Crippen molar-refractivity contribution in [2.75, 3.05) is 26.8 Å². The molecule has 14 heavy (non-hydrogen) atoms. The Kier molecular flexibility index (Phi) is 4.62. The summed E-state index contributed by atoms with van der Waals surface area (Å²) in [6.45, 7) is 2.06. The molecule has 1 aliphatic heterocycles. The number of carboxylic acid groups (broad SMARTS) is 1. The van der Waals surface area contributed by atoms with E-state index in [1.807, 2.05) is 11.0 Å². The van der Waals surface area contributed by atoms with Gasteiger partial charge in [-0.3, -0.25) is 9.69 Å². The first-order valence-electron chi connectivity index (χ1n) is 4.86. The highest BCUT2D eigenvalue weighted by Gasteiger charge is 2.24. The van der Waals surface area contributed by atoms with Gasteiger partial charge < -0.3 is 9.84 Å². The zero-order chi connectivity index (χ0) is 10.4. The predicted molar refractivity (Wildman–Crippen MR) is 53.2 cm³/mol. The van der Waals surface area contributed by atoms with Crippen LogP contribution in [0.3, 0.4) is 0 Å². The van der Waals surface area contributed by atoms with Gasteiger partial charge in [-0.1, -0.05) is 12.2 Å². The Morgan fingerprint density at radius 3 is 2.93 bits per heavy atom. The van der Waals surface area contributed by atoms with Crippen LogP contribution in [-0.4, -0.2) is 48.8 Å². The molecule has 0 fully saturated rings. The second-order valence-electron chi connectivity index (χ2n) is 3.39. The monoisotopic (exact) mass is 199 g/mol. The van der Waals surface area contributed by atoms with Crippen LogP contribution in [0.15, 0.2) is 12.2 Å². The van der Waals surface area contributed by atoms with Gasteiger partial charge >= 0.3 is 5.97 Å². The van der Waals surface area contributed by atoms with Gasteiger partial charge in [0.2, 0.25) is 0 Å². The van der Waals surface area contributed by atoms with E-state index in [1.54, 1.807) is 7.11 Å². The lowest BCUT2D eigenvalue weighted by atomic mass is 10.1. The van der Waals surface area contributed by atoms with Gasteiger partial charge in [0.15, 0.2) is 0 Å². The van der Waals surface area contributed by atoms with Crippen LogP contribution in [0, 0.1) is 0 Å². The molecule has 0 aromatic rings. The summed E-state index contributed by atoms with van der Waals surface area (Å²) in [7, 11) is 1.59. The van der Waals surface area contributed by atoms with Crippen molar-refractivity contribution in [3.8, 4) is 0 Å². The molecule has 0 saturated heterocycles. The summed E-state index contributed by atoms with van der Waals surface area (Å²) in [5, 5.41) is 9.03. The molecule has 1 atom stereocenters. The van der Waals surface area contributed by atoms with E-state index < -0.39 is 12.0 Å². The fourth-order valence-corrected chi connectivity index (χ4v) is 1.63. The van der Waals surface area contributed by atoms with E-state index in [0.717, 1.165) is 19.5 Å². The van der Waals surface area contributed by atoms with Crippen LogP contribution in [0.4, 0.5) is 0 Å². The van der Waals surface area contributed by atoms with Crippen LogP contribution < -0.4 is 0 Å². The van der Waals surface area contributed by atoms with Crippen molar-refractivity contribution >= 4 is 5.97 Å². The van der Waals surface area contributed by atoms with E-state index in [-0.39, 0.29) is 0 Å². The van der Waals surface area contributed by atoms with Crippen molar-refractivity contribution in [1.29, 1.82) is 0 Å². The molecule has 1 aliphatic rings. The second-order valence-corrected chi connectivity index (χ2v) is 3.39. The van der Waals surface area contributed by atoms with Crippen molar-refractivity contribution in [1.82, 2.24) is 4.90 Å². The van der Waals surface area contributed by atoms with Crippen LogP contribution in [0.25, 0.3) is 0 Å². The summed E-state index contributed by atoms with van der Waals surface area (Å²) in [6, 6.07) is -0.403. The molecule has 4 nitrogen and oxygen atoms in total. The molecule has 1 rings (SSSR count). The minimum atomic E-state index is -0.752. The average Bonchev–Trinajstić information content (AvgIpc) is 2.19.